The van der Waals surface area contributed by atoms with Crippen LogP contribution in [-0.4, -0.2) is 29.2 Å². The van der Waals surface area contributed by atoms with Gasteiger partial charge in [0.2, 0.25) is 5.82 Å². The maximum absolute atomic E-state index is 13.6. The number of hydrogen-bond donors (Lipinski definition) is 1. The lowest BCUT2D eigenvalue weighted by atomic mass is 10.0. The second-order valence-corrected chi connectivity index (χ2v) is 8.55. The third-order valence-electron chi connectivity index (χ3n) is 5.90. The van der Waals surface area contributed by atoms with Crippen molar-refractivity contribution in [1.82, 2.24) is 24.1 Å². The van der Waals surface area contributed by atoms with E-state index >= 15 is 0 Å². The quantitative estimate of drug-likeness (QED) is 0.518. The van der Waals surface area contributed by atoms with Crippen LogP contribution in [0.2, 0.25) is 5.02 Å². The number of rotatable bonds is 3. The molecule has 1 saturated carbocycles. The highest BCUT2D eigenvalue weighted by molar-refractivity contribution is 6.32. The molecule has 3 heterocycles. The molecular weight excluding hydrogens is 420 g/mol. The maximum Gasteiger partial charge on any atom is 0.279 e. The van der Waals surface area contributed by atoms with Crippen molar-refractivity contribution in [1.29, 1.82) is 5.26 Å². The summed E-state index contributed by atoms with van der Waals surface area (Å²) >= 11 is 6.24. The number of hydrogen-bond acceptors (Lipinski definition) is 7. The first-order valence-electron chi connectivity index (χ1n) is 10.1. The van der Waals surface area contributed by atoms with Crippen molar-refractivity contribution in [3.8, 4) is 17.7 Å². The molecule has 0 spiro atoms. The molecule has 0 unspecified atom stereocenters. The van der Waals surface area contributed by atoms with Crippen LogP contribution in [0.1, 0.15) is 57.0 Å². The van der Waals surface area contributed by atoms with Crippen molar-refractivity contribution in [3.63, 3.8) is 0 Å². The first-order valence-corrected chi connectivity index (χ1v) is 10.4. The standard InChI is InChI=1S/C21H19ClN6O3/c1-11(2)28-16-12(9-23)13(22)5-6-14(16)27-10-24-15(17(27)19(28)29)18-25-20(26-31-18)21(30)7-3-4-8-21/h5-6,10-11,30H,3-4,7-8H2,1-2H3. The van der Waals surface area contributed by atoms with E-state index < -0.39 is 5.60 Å². The molecule has 10 heteroatoms. The van der Waals surface area contributed by atoms with E-state index in [-0.39, 0.29) is 45.1 Å². The van der Waals surface area contributed by atoms with Crippen LogP contribution in [0.5, 0.6) is 0 Å². The molecule has 0 radical (unpaired) electrons. The van der Waals surface area contributed by atoms with Crippen LogP contribution < -0.4 is 5.56 Å². The second kappa shape index (κ2) is 6.90. The molecule has 0 saturated heterocycles. The molecule has 1 fully saturated rings. The Morgan fingerprint density at radius 1 is 1.29 bits per heavy atom. The molecule has 0 amide bonds. The maximum atomic E-state index is 13.6. The van der Waals surface area contributed by atoms with Gasteiger partial charge in [0.1, 0.15) is 23.5 Å². The van der Waals surface area contributed by atoms with Gasteiger partial charge in [-0.1, -0.05) is 16.8 Å². The smallest absolute Gasteiger partial charge is 0.279 e. The van der Waals surface area contributed by atoms with Gasteiger partial charge in [-0.2, -0.15) is 10.2 Å². The summed E-state index contributed by atoms with van der Waals surface area (Å²) in [7, 11) is 0. The van der Waals surface area contributed by atoms with Gasteiger partial charge < -0.3 is 14.2 Å². The number of aromatic nitrogens is 5. The van der Waals surface area contributed by atoms with Crippen LogP contribution in [-0.2, 0) is 5.60 Å². The van der Waals surface area contributed by atoms with Crippen molar-refractivity contribution < 1.29 is 9.63 Å². The van der Waals surface area contributed by atoms with Gasteiger partial charge >= 0.3 is 0 Å². The molecule has 0 aliphatic heterocycles. The lowest BCUT2D eigenvalue weighted by Crippen LogP contribution is -2.25. The molecule has 0 bridgehead atoms. The minimum Gasteiger partial charge on any atom is -0.382 e. The zero-order valence-corrected chi connectivity index (χ0v) is 17.7. The van der Waals surface area contributed by atoms with Gasteiger partial charge in [0.15, 0.2) is 5.69 Å². The summed E-state index contributed by atoms with van der Waals surface area (Å²) in [5, 5.41) is 24.7. The highest BCUT2D eigenvalue weighted by Crippen LogP contribution is 2.38. The molecule has 1 N–H and O–H groups in total. The lowest BCUT2D eigenvalue weighted by Gasteiger charge is -2.17. The number of benzene rings is 1. The summed E-state index contributed by atoms with van der Waals surface area (Å²) in [4.78, 5) is 22.3. The summed E-state index contributed by atoms with van der Waals surface area (Å²) in [5.41, 5.74) is 0.297. The van der Waals surface area contributed by atoms with E-state index in [0.717, 1.165) is 12.8 Å². The molecule has 31 heavy (non-hydrogen) atoms. The van der Waals surface area contributed by atoms with Gasteiger partial charge in [0, 0.05) is 6.04 Å². The predicted molar refractivity (Wildman–Crippen MR) is 113 cm³/mol. The molecule has 158 valence electrons. The molecule has 1 aromatic carbocycles. The first kappa shape index (κ1) is 19.7. The second-order valence-electron chi connectivity index (χ2n) is 8.14. The van der Waals surface area contributed by atoms with E-state index in [1.807, 2.05) is 13.8 Å². The minimum atomic E-state index is -1.11. The molecule has 4 aromatic rings. The number of nitriles is 1. The van der Waals surface area contributed by atoms with Crippen LogP contribution in [0.15, 0.2) is 27.8 Å². The average molecular weight is 439 g/mol. The van der Waals surface area contributed by atoms with Crippen LogP contribution in [0.25, 0.3) is 28.1 Å². The Bertz CT molecular complexity index is 1440. The van der Waals surface area contributed by atoms with Crippen LogP contribution >= 0.6 is 11.6 Å². The van der Waals surface area contributed by atoms with E-state index in [2.05, 4.69) is 21.2 Å². The van der Waals surface area contributed by atoms with Crippen molar-refractivity contribution in [2.45, 2.75) is 51.2 Å². The van der Waals surface area contributed by atoms with Crippen molar-refractivity contribution in [3.05, 3.63) is 45.2 Å². The molecule has 1 aliphatic rings. The average Bonchev–Trinajstić information content (AvgIpc) is 3.47. The van der Waals surface area contributed by atoms with Gasteiger partial charge in [-0.3, -0.25) is 9.20 Å². The zero-order valence-electron chi connectivity index (χ0n) is 17.0. The largest absolute Gasteiger partial charge is 0.382 e. The fourth-order valence-corrected chi connectivity index (χ4v) is 4.59. The highest BCUT2D eigenvalue weighted by atomic mass is 35.5. The van der Waals surface area contributed by atoms with E-state index in [0.29, 0.717) is 23.9 Å². The van der Waals surface area contributed by atoms with Crippen LogP contribution in [0, 0.1) is 11.3 Å². The lowest BCUT2D eigenvalue weighted by molar-refractivity contribution is 0.0328. The van der Waals surface area contributed by atoms with Gasteiger partial charge in [0.25, 0.3) is 11.4 Å². The Morgan fingerprint density at radius 2 is 2.03 bits per heavy atom. The van der Waals surface area contributed by atoms with Crippen molar-refractivity contribution in [2.75, 3.05) is 0 Å². The van der Waals surface area contributed by atoms with E-state index in [4.69, 9.17) is 16.1 Å². The SMILES string of the molecule is CC(C)n1c(=O)c2c(-c3nc(C4(O)CCCC4)no3)ncn2c2ccc(Cl)c(C#N)c21. The van der Waals surface area contributed by atoms with Gasteiger partial charge in [-0.05, 0) is 51.7 Å². The number of fused-ring (bicyclic) bond motifs is 3. The zero-order chi connectivity index (χ0) is 21.9. The number of nitrogens with zero attached hydrogens (tertiary/aromatic N) is 6. The van der Waals surface area contributed by atoms with Crippen LogP contribution in [0.4, 0.5) is 0 Å². The van der Waals surface area contributed by atoms with E-state index in [1.54, 1.807) is 16.5 Å². The molecule has 1 aliphatic carbocycles. The van der Waals surface area contributed by atoms with Crippen LogP contribution in [0.3, 0.4) is 0 Å². The van der Waals surface area contributed by atoms with Gasteiger partial charge in [0.05, 0.1) is 21.6 Å². The Hall–Kier alpha value is -3.22. The Balaban J connectivity index is 1.81. The molecular formula is C21H19ClN6O3. The third-order valence-corrected chi connectivity index (χ3v) is 6.21. The van der Waals surface area contributed by atoms with Crippen molar-refractivity contribution in [2.24, 2.45) is 0 Å². The minimum absolute atomic E-state index is 0.0686. The topological polar surface area (TPSA) is 122 Å². The summed E-state index contributed by atoms with van der Waals surface area (Å²) in [6.45, 7) is 3.71. The molecule has 5 rings (SSSR count). The molecule has 3 aromatic heterocycles. The third kappa shape index (κ3) is 2.79. The van der Waals surface area contributed by atoms with E-state index in [1.165, 1.54) is 10.9 Å². The predicted octanol–water partition coefficient (Wildman–Crippen LogP) is 3.57. The number of aliphatic hydroxyl groups is 1. The molecule has 9 nitrogen and oxygen atoms in total. The highest BCUT2D eigenvalue weighted by Gasteiger charge is 2.38. The Morgan fingerprint density at radius 3 is 2.71 bits per heavy atom. The van der Waals surface area contributed by atoms with Crippen molar-refractivity contribution >= 4 is 28.2 Å². The fourth-order valence-electron chi connectivity index (χ4n) is 4.39. The van der Waals surface area contributed by atoms with Gasteiger partial charge in [-0.25, -0.2) is 4.98 Å². The van der Waals surface area contributed by atoms with Gasteiger partial charge in [-0.15, -0.1) is 0 Å². The number of halogens is 1. The normalized spacial score (nSPS) is 15.9. The Kier molecular flexibility index (Phi) is 4.39. The summed E-state index contributed by atoms with van der Waals surface area (Å²) in [5.74, 6) is 0.281. The summed E-state index contributed by atoms with van der Waals surface area (Å²) < 4.78 is 8.55. The first-order chi connectivity index (χ1) is 14.9. The number of imidazole rings is 1. The monoisotopic (exact) mass is 438 g/mol. The fraction of sp³-hybridized carbons (Fsp3) is 0.381. The van der Waals surface area contributed by atoms with E-state index in [9.17, 15) is 15.2 Å². The Labute approximate surface area is 181 Å². The summed E-state index contributed by atoms with van der Waals surface area (Å²) in [6.07, 6.45) is 4.41. The molecule has 0 atom stereocenters. The summed E-state index contributed by atoms with van der Waals surface area (Å²) in [6, 6.07) is 5.23.